The van der Waals surface area contributed by atoms with Crippen LogP contribution in [-0.4, -0.2) is 19.1 Å². The van der Waals surface area contributed by atoms with Crippen molar-refractivity contribution in [1.29, 1.82) is 0 Å². The lowest BCUT2D eigenvalue weighted by molar-refractivity contribution is -0.150. The molecule has 116 valence electrons. The molecule has 0 aliphatic carbocycles. The van der Waals surface area contributed by atoms with Crippen molar-refractivity contribution in [2.75, 3.05) is 7.05 Å². The van der Waals surface area contributed by atoms with Gasteiger partial charge in [-0.3, -0.25) is 4.79 Å². The van der Waals surface area contributed by atoms with Crippen LogP contribution in [0.5, 0.6) is 0 Å². The molecule has 0 aromatic heterocycles. The van der Waals surface area contributed by atoms with Crippen LogP contribution in [0.3, 0.4) is 0 Å². The van der Waals surface area contributed by atoms with Crippen LogP contribution in [0.2, 0.25) is 0 Å². The Morgan fingerprint density at radius 1 is 1.05 bits per heavy atom. The van der Waals surface area contributed by atoms with E-state index < -0.39 is 0 Å². The van der Waals surface area contributed by atoms with Crippen LogP contribution in [0, 0.1) is 0 Å². The fourth-order valence-corrected chi connectivity index (χ4v) is 2.34. The molecule has 2 aromatic rings. The zero-order valence-corrected chi connectivity index (χ0v) is 13.2. The fourth-order valence-electron chi connectivity index (χ4n) is 2.34. The Morgan fingerprint density at radius 2 is 1.64 bits per heavy atom. The van der Waals surface area contributed by atoms with E-state index in [4.69, 9.17) is 4.74 Å². The van der Waals surface area contributed by atoms with E-state index in [1.165, 1.54) is 0 Å². The standard InChI is InChI=1S/C19H23NO2/c1-15(20-2)19(17-11-7-4-8-12-17)22-18(21)14-13-16-9-5-3-6-10-16/h3-12,15,19-20H,13-14H2,1-2H3. The normalized spacial score (nSPS) is 13.4. The summed E-state index contributed by atoms with van der Waals surface area (Å²) in [4.78, 5) is 12.2. The second kappa shape index (κ2) is 8.35. The first-order valence-corrected chi connectivity index (χ1v) is 7.66. The molecule has 2 unspecified atom stereocenters. The number of carbonyl (C=O) groups excluding carboxylic acids is 1. The summed E-state index contributed by atoms with van der Waals surface area (Å²) in [6, 6.07) is 19.9. The van der Waals surface area contributed by atoms with Crippen LogP contribution in [0.4, 0.5) is 0 Å². The molecule has 3 heteroatoms. The predicted molar refractivity (Wildman–Crippen MR) is 88.6 cm³/mol. The van der Waals surface area contributed by atoms with Crippen LogP contribution in [0.25, 0.3) is 0 Å². The van der Waals surface area contributed by atoms with Crippen molar-refractivity contribution in [1.82, 2.24) is 5.32 Å². The van der Waals surface area contributed by atoms with Crippen molar-refractivity contribution < 1.29 is 9.53 Å². The van der Waals surface area contributed by atoms with Gasteiger partial charge in [0.1, 0.15) is 6.10 Å². The number of esters is 1. The van der Waals surface area contributed by atoms with Gasteiger partial charge in [-0.25, -0.2) is 0 Å². The van der Waals surface area contributed by atoms with E-state index in [2.05, 4.69) is 5.32 Å². The quantitative estimate of drug-likeness (QED) is 0.795. The van der Waals surface area contributed by atoms with E-state index >= 15 is 0 Å². The van der Waals surface area contributed by atoms with Gasteiger partial charge in [0.15, 0.2) is 0 Å². The number of benzene rings is 2. The van der Waals surface area contributed by atoms with Crippen molar-refractivity contribution in [3.8, 4) is 0 Å². The van der Waals surface area contributed by atoms with Gasteiger partial charge in [0, 0.05) is 12.5 Å². The summed E-state index contributed by atoms with van der Waals surface area (Å²) in [7, 11) is 1.87. The molecular formula is C19H23NO2. The smallest absolute Gasteiger partial charge is 0.306 e. The van der Waals surface area contributed by atoms with E-state index in [9.17, 15) is 4.79 Å². The third-order valence-corrected chi connectivity index (χ3v) is 3.76. The van der Waals surface area contributed by atoms with Gasteiger partial charge < -0.3 is 10.1 Å². The molecular weight excluding hydrogens is 274 g/mol. The van der Waals surface area contributed by atoms with Crippen LogP contribution in [0.1, 0.15) is 30.6 Å². The van der Waals surface area contributed by atoms with Crippen molar-refractivity contribution in [2.24, 2.45) is 0 Å². The highest BCUT2D eigenvalue weighted by Crippen LogP contribution is 2.22. The van der Waals surface area contributed by atoms with Crippen LogP contribution in [0.15, 0.2) is 60.7 Å². The molecule has 0 spiro atoms. The summed E-state index contributed by atoms with van der Waals surface area (Å²) >= 11 is 0. The van der Waals surface area contributed by atoms with Gasteiger partial charge in [-0.1, -0.05) is 60.7 Å². The average Bonchev–Trinajstić information content (AvgIpc) is 2.59. The predicted octanol–water partition coefficient (Wildman–Crippen LogP) is 3.51. The highest BCUT2D eigenvalue weighted by molar-refractivity contribution is 5.70. The minimum atomic E-state index is -0.269. The Labute approximate surface area is 132 Å². The number of ether oxygens (including phenoxy) is 1. The lowest BCUT2D eigenvalue weighted by atomic mass is 10.0. The molecule has 3 nitrogen and oxygen atoms in total. The molecule has 2 aromatic carbocycles. The van der Waals surface area contributed by atoms with E-state index in [1.54, 1.807) is 0 Å². The Bertz CT molecular complexity index is 569. The molecule has 0 radical (unpaired) electrons. The molecule has 2 atom stereocenters. The molecule has 0 fully saturated rings. The molecule has 0 saturated heterocycles. The van der Waals surface area contributed by atoms with Gasteiger partial charge in [0.25, 0.3) is 0 Å². The maximum absolute atomic E-state index is 12.2. The van der Waals surface area contributed by atoms with Gasteiger partial charge in [-0.05, 0) is 31.5 Å². The Hall–Kier alpha value is -2.13. The minimum absolute atomic E-state index is 0.0584. The monoisotopic (exact) mass is 297 g/mol. The zero-order chi connectivity index (χ0) is 15.8. The summed E-state index contributed by atoms with van der Waals surface area (Å²) in [6.07, 6.45) is 0.827. The number of aryl methyl sites for hydroxylation is 1. The van der Waals surface area contributed by atoms with Crippen molar-refractivity contribution in [3.63, 3.8) is 0 Å². The Balaban J connectivity index is 1.96. The summed E-state index contributed by atoms with van der Waals surface area (Å²) in [5.74, 6) is -0.167. The first-order valence-electron chi connectivity index (χ1n) is 7.66. The highest BCUT2D eigenvalue weighted by Gasteiger charge is 2.22. The van der Waals surface area contributed by atoms with Crippen molar-refractivity contribution in [2.45, 2.75) is 31.9 Å². The van der Waals surface area contributed by atoms with E-state index in [0.29, 0.717) is 12.8 Å². The number of hydrogen-bond acceptors (Lipinski definition) is 3. The first-order chi connectivity index (χ1) is 10.7. The molecule has 2 rings (SSSR count). The minimum Gasteiger partial charge on any atom is -0.456 e. The Morgan fingerprint density at radius 3 is 2.23 bits per heavy atom. The second-order valence-electron chi connectivity index (χ2n) is 5.38. The van der Waals surface area contributed by atoms with Gasteiger partial charge in [-0.2, -0.15) is 0 Å². The molecule has 0 aliphatic heterocycles. The number of carbonyl (C=O) groups is 1. The molecule has 1 N–H and O–H groups in total. The topological polar surface area (TPSA) is 38.3 Å². The largest absolute Gasteiger partial charge is 0.456 e. The molecule has 0 saturated carbocycles. The SMILES string of the molecule is CNC(C)C(OC(=O)CCc1ccccc1)c1ccccc1. The maximum atomic E-state index is 12.2. The number of hydrogen-bond donors (Lipinski definition) is 1. The van der Waals surface area contributed by atoms with Gasteiger partial charge in [0.2, 0.25) is 0 Å². The van der Waals surface area contributed by atoms with Gasteiger partial charge >= 0.3 is 5.97 Å². The third kappa shape index (κ3) is 4.71. The molecule has 0 heterocycles. The number of likely N-dealkylation sites (N-methyl/N-ethyl adjacent to an activating group) is 1. The lowest BCUT2D eigenvalue weighted by Gasteiger charge is -2.24. The molecule has 0 aliphatic rings. The van der Waals surface area contributed by atoms with Gasteiger partial charge in [0.05, 0.1) is 0 Å². The summed E-state index contributed by atoms with van der Waals surface area (Å²) < 4.78 is 5.71. The second-order valence-corrected chi connectivity index (χ2v) is 5.38. The first kappa shape index (κ1) is 16.2. The van der Waals surface area contributed by atoms with Crippen LogP contribution >= 0.6 is 0 Å². The highest BCUT2D eigenvalue weighted by atomic mass is 16.5. The summed E-state index contributed by atoms with van der Waals surface area (Å²) in [6.45, 7) is 2.02. The summed E-state index contributed by atoms with van der Waals surface area (Å²) in [5.41, 5.74) is 2.16. The summed E-state index contributed by atoms with van der Waals surface area (Å²) in [5, 5.41) is 3.17. The van der Waals surface area contributed by atoms with Gasteiger partial charge in [-0.15, -0.1) is 0 Å². The van der Waals surface area contributed by atoms with E-state index in [1.807, 2.05) is 74.6 Å². The average molecular weight is 297 g/mol. The lowest BCUT2D eigenvalue weighted by Crippen LogP contribution is -2.32. The molecule has 0 bridgehead atoms. The van der Waals surface area contributed by atoms with Crippen molar-refractivity contribution >= 4 is 5.97 Å². The maximum Gasteiger partial charge on any atom is 0.306 e. The third-order valence-electron chi connectivity index (χ3n) is 3.76. The van der Waals surface area contributed by atoms with E-state index in [-0.39, 0.29) is 18.1 Å². The van der Waals surface area contributed by atoms with Crippen molar-refractivity contribution in [3.05, 3.63) is 71.8 Å². The molecule has 22 heavy (non-hydrogen) atoms. The van der Waals surface area contributed by atoms with Crippen LogP contribution in [-0.2, 0) is 16.0 Å². The zero-order valence-electron chi connectivity index (χ0n) is 13.2. The number of nitrogens with one attached hydrogen (secondary N) is 1. The fraction of sp³-hybridized carbons (Fsp3) is 0.316. The van der Waals surface area contributed by atoms with E-state index in [0.717, 1.165) is 11.1 Å². The number of rotatable bonds is 7. The molecule has 0 amide bonds. The Kier molecular flexibility index (Phi) is 6.16. The van der Waals surface area contributed by atoms with Crippen LogP contribution < -0.4 is 5.32 Å².